The molecular weight excluding hydrogens is 439 g/mol. The van der Waals surface area contributed by atoms with Gasteiger partial charge in [0, 0.05) is 6.04 Å². The number of aromatic nitrogens is 5. The highest BCUT2D eigenvalue weighted by atomic mass is 32.2. The number of benzene rings is 2. The normalized spacial score (nSPS) is 15.0. The number of nitrogens with zero attached hydrogens (tertiary/aromatic N) is 5. The number of H-pyrrole nitrogens is 1. The van der Waals surface area contributed by atoms with E-state index in [0.29, 0.717) is 22.4 Å². The molecule has 4 aromatic rings. The number of nitrogens with one attached hydrogen (secondary N) is 1. The van der Waals surface area contributed by atoms with E-state index in [1.165, 1.54) is 17.8 Å². The maximum absolute atomic E-state index is 14.5. The van der Waals surface area contributed by atoms with E-state index in [2.05, 4.69) is 26.2 Å². The minimum atomic E-state index is -0.347. The largest absolute Gasteiger partial charge is 0.510 e. The minimum Gasteiger partial charge on any atom is -0.510 e. The Bertz CT molecular complexity index is 1350. The molecule has 0 spiro atoms. The minimum absolute atomic E-state index is 0.0833. The molecule has 1 saturated carbocycles. The van der Waals surface area contributed by atoms with Crippen molar-refractivity contribution in [1.82, 2.24) is 24.7 Å². The highest BCUT2D eigenvalue weighted by molar-refractivity contribution is 7.99. The van der Waals surface area contributed by atoms with E-state index in [-0.39, 0.29) is 28.9 Å². The van der Waals surface area contributed by atoms with Crippen molar-refractivity contribution in [1.29, 1.82) is 5.26 Å². The molecule has 0 radical (unpaired) electrons. The Labute approximate surface area is 194 Å². The lowest BCUT2D eigenvalue weighted by Crippen LogP contribution is -2.09. The summed E-state index contributed by atoms with van der Waals surface area (Å²) in [6, 6.07) is 16.2. The van der Waals surface area contributed by atoms with Crippen molar-refractivity contribution in [3.05, 3.63) is 65.9 Å². The van der Waals surface area contributed by atoms with Gasteiger partial charge in [0.2, 0.25) is 0 Å². The third-order valence-electron chi connectivity index (χ3n) is 5.83. The third kappa shape index (κ3) is 4.10. The van der Waals surface area contributed by atoms with Crippen molar-refractivity contribution >= 4 is 28.4 Å². The summed E-state index contributed by atoms with van der Waals surface area (Å²) in [5.41, 5.74) is 2.00. The van der Waals surface area contributed by atoms with Crippen LogP contribution in [0.25, 0.3) is 28.0 Å². The average molecular weight is 461 g/mol. The van der Waals surface area contributed by atoms with Gasteiger partial charge in [-0.1, -0.05) is 48.9 Å². The molecule has 0 unspecified atom stereocenters. The average Bonchev–Trinajstić information content (AvgIpc) is 3.57. The van der Waals surface area contributed by atoms with Crippen LogP contribution in [0.5, 0.6) is 0 Å². The predicted octanol–water partition coefficient (Wildman–Crippen LogP) is 5.66. The number of aliphatic hydroxyl groups excluding tert-OH is 1. The monoisotopic (exact) mass is 460 g/mol. The van der Waals surface area contributed by atoms with Gasteiger partial charge in [-0.3, -0.25) is 4.57 Å². The fraction of sp³-hybridized carbons (Fsp3) is 0.250. The van der Waals surface area contributed by atoms with E-state index in [1.807, 2.05) is 28.8 Å². The Kier molecular flexibility index (Phi) is 5.84. The number of imidazole rings is 1. The number of hydrogen-bond acceptors (Lipinski definition) is 6. The Morgan fingerprint density at radius 3 is 2.67 bits per heavy atom. The highest BCUT2D eigenvalue weighted by Crippen LogP contribution is 2.37. The number of allylic oxidation sites excluding steroid dienone is 1. The van der Waals surface area contributed by atoms with Gasteiger partial charge in [0.05, 0.1) is 22.3 Å². The molecule has 5 rings (SSSR count). The Hall–Kier alpha value is -3.64. The lowest BCUT2D eigenvalue weighted by atomic mass is 10.1. The molecule has 2 N–H and O–H groups in total. The predicted molar refractivity (Wildman–Crippen MR) is 125 cm³/mol. The second-order valence-corrected chi connectivity index (χ2v) is 8.86. The Morgan fingerprint density at radius 1 is 1.15 bits per heavy atom. The first-order chi connectivity index (χ1) is 16.2. The molecule has 33 heavy (non-hydrogen) atoms. The molecule has 1 aliphatic rings. The van der Waals surface area contributed by atoms with Crippen LogP contribution in [0.4, 0.5) is 4.39 Å². The topological polar surface area (TPSA) is 103 Å². The van der Waals surface area contributed by atoms with Crippen LogP contribution in [0.2, 0.25) is 0 Å². The van der Waals surface area contributed by atoms with E-state index in [9.17, 15) is 14.8 Å². The molecule has 1 aliphatic carbocycles. The molecule has 0 bridgehead atoms. The first-order valence-corrected chi connectivity index (χ1v) is 11.7. The number of halogens is 1. The van der Waals surface area contributed by atoms with Gasteiger partial charge >= 0.3 is 0 Å². The van der Waals surface area contributed by atoms with Gasteiger partial charge in [-0.15, -0.1) is 10.2 Å². The van der Waals surface area contributed by atoms with Crippen LogP contribution >= 0.6 is 11.8 Å². The highest BCUT2D eigenvalue weighted by Gasteiger charge is 2.26. The second kappa shape index (κ2) is 9.08. The summed E-state index contributed by atoms with van der Waals surface area (Å²) >= 11 is 1.27. The lowest BCUT2D eigenvalue weighted by molar-refractivity contribution is 0.420. The molecule has 0 amide bonds. The number of fused-ring (bicyclic) bond motifs is 1. The van der Waals surface area contributed by atoms with Crippen LogP contribution in [-0.2, 0) is 0 Å². The molecule has 1 fully saturated rings. The molecule has 0 atom stereocenters. The smallest absolute Gasteiger partial charge is 0.192 e. The summed E-state index contributed by atoms with van der Waals surface area (Å²) < 4.78 is 16.5. The van der Waals surface area contributed by atoms with Gasteiger partial charge < -0.3 is 10.1 Å². The number of thioether (sulfide) groups is 1. The zero-order chi connectivity index (χ0) is 22.8. The fourth-order valence-electron chi connectivity index (χ4n) is 4.22. The van der Waals surface area contributed by atoms with E-state index in [4.69, 9.17) is 0 Å². The van der Waals surface area contributed by atoms with Gasteiger partial charge in [-0.05, 0) is 37.1 Å². The van der Waals surface area contributed by atoms with Crippen LogP contribution < -0.4 is 0 Å². The maximum Gasteiger partial charge on any atom is 0.192 e. The number of aromatic amines is 1. The van der Waals surface area contributed by atoms with Gasteiger partial charge in [-0.25, -0.2) is 9.37 Å². The Morgan fingerprint density at radius 2 is 1.91 bits per heavy atom. The molecule has 9 heteroatoms. The number of para-hydroxylation sites is 2. The Balaban J connectivity index is 1.46. The molecule has 2 aromatic heterocycles. The SMILES string of the molecule is N#C/C(=C(/O)CSc1nnc(-c2ccccc2F)n1C1CCCC1)c1nc2ccccc2[nH]1. The molecule has 0 aliphatic heterocycles. The van der Waals surface area contributed by atoms with Crippen molar-refractivity contribution in [2.45, 2.75) is 36.9 Å². The summed E-state index contributed by atoms with van der Waals surface area (Å²) in [5, 5.41) is 29.6. The van der Waals surface area contributed by atoms with E-state index in [1.54, 1.807) is 18.2 Å². The maximum atomic E-state index is 14.5. The van der Waals surface area contributed by atoms with Gasteiger partial charge in [0.1, 0.15) is 23.2 Å². The number of nitriles is 1. The van der Waals surface area contributed by atoms with Crippen LogP contribution in [0.15, 0.2) is 59.4 Å². The zero-order valence-electron chi connectivity index (χ0n) is 17.7. The summed E-state index contributed by atoms with van der Waals surface area (Å²) in [7, 11) is 0. The molecule has 166 valence electrons. The van der Waals surface area contributed by atoms with Gasteiger partial charge in [0.25, 0.3) is 0 Å². The van der Waals surface area contributed by atoms with E-state index in [0.717, 1.165) is 36.7 Å². The lowest BCUT2D eigenvalue weighted by Gasteiger charge is -2.17. The standard InChI is InChI=1S/C24H21FN6OS/c25-18-10-4-3-9-16(18)23-29-30-24(31(23)15-7-1-2-8-15)33-14-21(32)17(13-26)22-27-19-11-5-6-12-20(19)28-22/h3-6,9-12,15,32H,1-2,7-8,14H2,(H,27,28)/b21-17-. The number of hydrogen-bond donors (Lipinski definition) is 2. The van der Waals surface area contributed by atoms with Gasteiger partial charge in [0.15, 0.2) is 16.8 Å². The van der Waals surface area contributed by atoms with Crippen LogP contribution in [-0.4, -0.2) is 35.6 Å². The van der Waals surface area contributed by atoms with Crippen molar-refractivity contribution in [2.24, 2.45) is 0 Å². The van der Waals surface area contributed by atoms with Crippen LogP contribution in [0.1, 0.15) is 37.5 Å². The summed E-state index contributed by atoms with van der Waals surface area (Å²) in [6.07, 6.45) is 4.13. The van der Waals surface area contributed by atoms with Crippen molar-refractivity contribution in [3.63, 3.8) is 0 Å². The van der Waals surface area contributed by atoms with Gasteiger partial charge in [-0.2, -0.15) is 5.26 Å². The molecular formula is C24H21FN6OS. The first-order valence-electron chi connectivity index (χ1n) is 10.8. The van der Waals surface area contributed by atoms with Crippen LogP contribution in [0, 0.1) is 17.1 Å². The van der Waals surface area contributed by atoms with Crippen molar-refractivity contribution in [3.8, 4) is 17.5 Å². The molecule has 0 saturated heterocycles. The quantitative estimate of drug-likeness (QED) is 0.219. The first kappa shape index (κ1) is 21.2. The molecule has 2 aromatic carbocycles. The van der Waals surface area contributed by atoms with E-state index < -0.39 is 0 Å². The fourth-order valence-corrected chi connectivity index (χ4v) is 5.11. The van der Waals surface area contributed by atoms with E-state index >= 15 is 0 Å². The summed E-state index contributed by atoms with van der Waals surface area (Å²) in [4.78, 5) is 7.49. The summed E-state index contributed by atoms with van der Waals surface area (Å²) in [6.45, 7) is 0. The second-order valence-electron chi connectivity index (χ2n) is 7.92. The molecule has 7 nitrogen and oxygen atoms in total. The van der Waals surface area contributed by atoms with Crippen molar-refractivity contribution in [2.75, 3.05) is 5.75 Å². The molecule has 2 heterocycles. The van der Waals surface area contributed by atoms with Crippen LogP contribution in [0.3, 0.4) is 0 Å². The number of aliphatic hydroxyl groups is 1. The summed E-state index contributed by atoms with van der Waals surface area (Å²) in [5.74, 6) is 0.474. The third-order valence-corrected chi connectivity index (χ3v) is 6.79. The van der Waals surface area contributed by atoms with Crippen molar-refractivity contribution < 1.29 is 9.50 Å². The number of rotatable bonds is 6. The zero-order valence-corrected chi connectivity index (χ0v) is 18.5.